The van der Waals surface area contributed by atoms with Crippen LogP contribution in [0, 0.1) is 0 Å². The summed E-state index contributed by atoms with van der Waals surface area (Å²) in [7, 11) is -4.39. The lowest BCUT2D eigenvalue weighted by Crippen LogP contribution is -2.29. The molecule has 0 spiro atoms. The molecule has 57 heavy (non-hydrogen) atoms. The maximum atomic E-state index is 12.6. The summed E-state index contributed by atoms with van der Waals surface area (Å²) in [5.74, 6) is -0.865. The summed E-state index contributed by atoms with van der Waals surface area (Å²) in [4.78, 5) is 34.9. The third-order valence-electron chi connectivity index (χ3n) is 9.08. The molecule has 0 saturated carbocycles. The number of ether oxygens (including phenoxy) is 2. The third-order valence-corrected chi connectivity index (χ3v) is 10.1. The van der Waals surface area contributed by atoms with Crippen LogP contribution in [-0.4, -0.2) is 49.3 Å². The predicted molar refractivity (Wildman–Crippen MR) is 238 cm³/mol. The fourth-order valence-corrected chi connectivity index (χ4v) is 6.54. The van der Waals surface area contributed by atoms with Crippen LogP contribution in [0.5, 0.6) is 0 Å². The monoisotopic (exact) mass is 820 g/mol. The van der Waals surface area contributed by atoms with E-state index in [0.717, 1.165) is 89.9 Å². The molecule has 0 bridgehead atoms. The number of esters is 2. The standard InChI is InChI=1S/C47H82NO8P/c1-3-5-7-9-11-13-15-17-19-21-22-24-25-27-29-31-33-35-37-39-46(49)53-43-45(44-55-57(51,52)54-42-41-48)56-47(50)40-38-36-34-32-30-28-26-23-20-18-16-14-12-10-8-6-4-2/h6,8,11-14,17-20,26,28,45H,3-5,7,9-10,15-16,21-25,27,29-44,48H2,1-2H3,(H,51,52)/b8-6-,13-11-,14-12-,19-17-,20-18-,28-26-/t45-/m1/s1. The van der Waals surface area contributed by atoms with Gasteiger partial charge in [-0.05, 0) is 83.5 Å². The van der Waals surface area contributed by atoms with Gasteiger partial charge in [0.2, 0.25) is 0 Å². The van der Waals surface area contributed by atoms with Gasteiger partial charge in [-0.3, -0.25) is 18.6 Å². The molecule has 2 atom stereocenters. The molecule has 0 aromatic carbocycles. The van der Waals surface area contributed by atoms with Gasteiger partial charge in [0.05, 0.1) is 13.2 Å². The summed E-state index contributed by atoms with van der Waals surface area (Å²) >= 11 is 0. The Bertz CT molecular complexity index is 1160. The SMILES string of the molecule is CC/C=C\C/C=C\C/C=C\C/C=C\CCCCCCC(=O)O[C@H](COC(=O)CCCCCCCCCCC/C=C\C/C=C\CCCCC)COP(=O)(O)OCCN. The Morgan fingerprint density at radius 1 is 0.544 bits per heavy atom. The summed E-state index contributed by atoms with van der Waals surface area (Å²) in [6.07, 6.45) is 52.1. The van der Waals surface area contributed by atoms with Gasteiger partial charge in [-0.15, -0.1) is 0 Å². The van der Waals surface area contributed by atoms with Crippen molar-refractivity contribution < 1.29 is 37.6 Å². The van der Waals surface area contributed by atoms with E-state index in [-0.39, 0.29) is 32.6 Å². The molecule has 10 heteroatoms. The molecule has 0 radical (unpaired) electrons. The van der Waals surface area contributed by atoms with Crippen molar-refractivity contribution in [1.82, 2.24) is 0 Å². The van der Waals surface area contributed by atoms with Crippen molar-refractivity contribution in [3.8, 4) is 0 Å². The summed E-state index contributed by atoms with van der Waals surface area (Å²) < 4.78 is 32.8. The first-order chi connectivity index (χ1) is 27.8. The highest BCUT2D eigenvalue weighted by Gasteiger charge is 2.26. The molecule has 0 fully saturated rings. The number of phosphoric ester groups is 1. The van der Waals surface area contributed by atoms with Crippen LogP contribution >= 0.6 is 7.82 Å². The van der Waals surface area contributed by atoms with Gasteiger partial charge in [-0.2, -0.15) is 0 Å². The largest absolute Gasteiger partial charge is 0.472 e. The van der Waals surface area contributed by atoms with Crippen molar-refractivity contribution in [2.45, 2.75) is 187 Å². The lowest BCUT2D eigenvalue weighted by molar-refractivity contribution is -0.161. The smallest absolute Gasteiger partial charge is 0.462 e. The molecule has 0 amide bonds. The molecular weight excluding hydrogens is 737 g/mol. The van der Waals surface area contributed by atoms with Crippen LogP contribution in [0.3, 0.4) is 0 Å². The van der Waals surface area contributed by atoms with E-state index >= 15 is 0 Å². The Labute approximate surface area is 348 Å². The van der Waals surface area contributed by atoms with Crippen LogP contribution in [0.2, 0.25) is 0 Å². The average molecular weight is 820 g/mol. The summed E-state index contributed by atoms with van der Waals surface area (Å²) in [5.41, 5.74) is 5.35. The number of phosphoric acid groups is 1. The lowest BCUT2D eigenvalue weighted by Gasteiger charge is -2.19. The molecular formula is C47H82NO8P. The predicted octanol–water partition coefficient (Wildman–Crippen LogP) is 13.1. The highest BCUT2D eigenvalue weighted by atomic mass is 31.2. The Morgan fingerprint density at radius 2 is 0.965 bits per heavy atom. The Kier molecular flexibility index (Phi) is 41.1. The number of unbranched alkanes of at least 4 members (excludes halogenated alkanes) is 16. The van der Waals surface area contributed by atoms with Gasteiger partial charge in [0.15, 0.2) is 6.10 Å². The average Bonchev–Trinajstić information content (AvgIpc) is 3.20. The molecule has 0 heterocycles. The molecule has 3 N–H and O–H groups in total. The van der Waals surface area contributed by atoms with E-state index in [9.17, 15) is 19.0 Å². The van der Waals surface area contributed by atoms with Gasteiger partial charge >= 0.3 is 19.8 Å². The van der Waals surface area contributed by atoms with Gasteiger partial charge in [0, 0.05) is 19.4 Å². The van der Waals surface area contributed by atoms with E-state index in [1.54, 1.807) is 0 Å². The van der Waals surface area contributed by atoms with E-state index in [1.807, 2.05) is 0 Å². The van der Waals surface area contributed by atoms with Crippen molar-refractivity contribution in [2.75, 3.05) is 26.4 Å². The van der Waals surface area contributed by atoms with Crippen LogP contribution in [0.4, 0.5) is 0 Å². The van der Waals surface area contributed by atoms with E-state index in [1.165, 1.54) is 57.8 Å². The normalized spacial score (nSPS) is 14.0. The zero-order valence-corrected chi connectivity index (χ0v) is 36.9. The molecule has 0 aromatic heterocycles. The van der Waals surface area contributed by atoms with Crippen LogP contribution in [0.15, 0.2) is 72.9 Å². The maximum absolute atomic E-state index is 12.6. The van der Waals surface area contributed by atoms with Gasteiger partial charge < -0.3 is 20.1 Å². The Hall–Kier alpha value is -2.55. The first-order valence-corrected chi connectivity index (χ1v) is 23.9. The quantitative estimate of drug-likeness (QED) is 0.0267. The van der Waals surface area contributed by atoms with E-state index in [2.05, 4.69) is 86.8 Å². The summed E-state index contributed by atoms with van der Waals surface area (Å²) in [6, 6.07) is 0. The van der Waals surface area contributed by atoms with Gasteiger partial charge in [-0.25, -0.2) is 4.57 Å². The molecule has 9 nitrogen and oxygen atoms in total. The van der Waals surface area contributed by atoms with Gasteiger partial charge in [0.1, 0.15) is 6.61 Å². The minimum absolute atomic E-state index is 0.0449. The highest BCUT2D eigenvalue weighted by Crippen LogP contribution is 2.43. The van der Waals surface area contributed by atoms with Crippen molar-refractivity contribution in [1.29, 1.82) is 0 Å². The molecule has 0 saturated heterocycles. The minimum Gasteiger partial charge on any atom is -0.462 e. The first-order valence-electron chi connectivity index (χ1n) is 22.4. The maximum Gasteiger partial charge on any atom is 0.472 e. The molecule has 0 aliphatic heterocycles. The second-order valence-corrected chi connectivity index (χ2v) is 16.0. The number of rotatable bonds is 41. The van der Waals surface area contributed by atoms with Crippen molar-refractivity contribution in [2.24, 2.45) is 5.73 Å². The number of nitrogens with two attached hydrogens (primary N) is 1. The molecule has 1 unspecified atom stereocenters. The zero-order valence-electron chi connectivity index (χ0n) is 36.0. The summed E-state index contributed by atoms with van der Waals surface area (Å²) in [6.45, 7) is 3.55. The van der Waals surface area contributed by atoms with Gasteiger partial charge in [-0.1, -0.05) is 157 Å². The van der Waals surface area contributed by atoms with Crippen LogP contribution in [-0.2, 0) is 32.7 Å². The highest BCUT2D eigenvalue weighted by molar-refractivity contribution is 7.47. The fraction of sp³-hybridized carbons (Fsp3) is 0.702. The Morgan fingerprint density at radius 3 is 1.44 bits per heavy atom. The zero-order chi connectivity index (χ0) is 41.8. The van der Waals surface area contributed by atoms with E-state index in [4.69, 9.17) is 24.3 Å². The first kappa shape index (κ1) is 54.5. The minimum atomic E-state index is -4.39. The van der Waals surface area contributed by atoms with Crippen LogP contribution in [0.25, 0.3) is 0 Å². The van der Waals surface area contributed by atoms with Gasteiger partial charge in [0.25, 0.3) is 0 Å². The van der Waals surface area contributed by atoms with Crippen molar-refractivity contribution >= 4 is 19.8 Å². The number of hydrogen-bond donors (Lipinski definition) is 2. The number of allylic oxidation sites excluding steroid dienone is 12. The number of carbonyl (C=O) groups excluding carboxylic acids is 2. The molecule has 0 aliphatic carbocycles. The van der Waals surface area contributed by atoms with Crippen molar-refractivity contribution in [3.63, 3.8) is 0 Å². The molecule has 0 aliphatic rings. The third kappa shape index (κ3) is 42.9. The summed E-state index contributed by atoms with van der Waals surface area (Å²) in [5, 5.41) is 0. The molecule has 0 rings (SSSR count). The second-order valence-electron chi connectivity index (χ2n) is 14.5. The second kappa shape index (κ2) is 43.0. The van der Waals surface area contributed by atoms with Crippen LogP contribution in [0.1, 0.15) is 181 Å². The van der Waals surface area contributed by atoms with Crippen LogP contribution < -0.4 is 5.73 Å². The topological polar surface area (TPSA) is 134 Å². The lowest BCUT2D eigenvalue weighted by atomic mass is 10.1. The number of hydrogen-bond acceptors (Lipinski definition) is 8. The van der Waals surface area contributed by atoms with Crippen molar-refractivity contribution in [3.05, 3.63) is 72.9 Å². The van der Waals surface area contributed by atoms with E-state index in [0.29, 0.717) is 6.42 Å². The number of carbonyl (C=O) groups is 2. The molecule has 0 aromatic rings. The van der Waals surface area contributed by atoms with E-state index < -0.39 is 32.5 Å². The fourth-order valence-electron chi connectivity index (χ4n) is 5.77. The molecule has 328 valence electrons. The Balaban J connectivity index is 4.18.